The molecule has 0 bridgehead atoms. The summed E-state index contributed by atoms with van der Waals surface area (Å²) < 4.78 is 58.2. The lowest BCUT2D eigenvalue weighted by molar-refractivity contribution is -0.310. The molecule has 1 aliphatic rings. The van der Waals surface area contributed by atoms with Gasteiger partial charge in [-0.25, -0.2) is 4.79 Å². The van der Waals surface area contributed by atoms with E-state index in [1.54, 1.807) is 18.2 Å². The Morgan fingerprint density at radius 1 is 0.559 bits per heavy atom. The molecule has 1 aromatic heterocycles. The molecule has 0 radical (unpaired) electrons. The number of rotatable bonds is 28. The zero-order valence-electron chi connectivity index (χ0n) is 39.5. The lowest BCUT2D eigenvalue weighted by Gasteiger charge is -2.45. The molecule has 0 N–H and O–H groups in total. The van der Waals surface area contributed by atoms with Gasteiger partial charge in [0.1, 0.15) is 35.7 Å². The van der Waals surface area contributed by atoms with Crippen molar-refractivity contribution in [3.8, 4) is 17.2 Å². The van der Waals surface area contributed by atoms with Gasteiger partial charge in [-0.2, -0.15) is 0 Å². The first-order valence-electron chi connectivity index (χ1n) is 24.3. The molecule has 1 saturated heterocycles. The van der Waals surface area contributed by atoms with E-state index >= 15 is 0 Å². The third-order valence-electron chi connectivity index (χ3n) is 11.9. The normalized spacial score (nSPS) is 18.1. The number of ether oxygens (including phenoxy) is 8. The van der Waals surface area contributed by atoms with E-state index < -0.39 is 48.1 Å². The molecule has 5 atom stereocenters. The molecule has 7 rings (SSSR count). The van der Waals surface area contributed by atoms with Crippen molar-refractivity contribution in [3.63, 3.8) is 0 Å². The van der Waals surface area contributed by atoms with Crippen LogP contribution in [-0.2, 0) is 54.9 Å². The van der Waals surface area contributed by atoms with Gasteiger partial charge in [-0.05, 0) is 40.8 Å². The van der Waals surface area contributed by atoms with Crippen molar-refractivity contribution >= 4 is 16.9 Å². The maximum atomic E-state index is 13.8. The molecule has 11 nitrogen and oxygen atoms in total. The summed E-state index contributed by atoms with van der Waals surface area (Å²) in [5.41, 5.74) is 3.06. The van der Waals surface area contributed by atoms with E-state index in [0.29, 0.717) is 24.3 Å². The monoisotopic (exact) mass is 926 g/mol. The SMILES string of the molecule is CCCCCCCCCCCCOc1ccc2c(O[C@@H]3O[C@H](COCc4ccccc4)[C@H](OCc4ccccc4)[C@H](OCc4ccccc4)[C@H]3OCc3ccccc3)c(OC(C)=O)c(=O)oc2c1. The van der Waals surface area contributed by atoms with Crippen molar-refractivity contribution < 1.29 is 47.1 Å². The first kappa shape index (κ1) is 50.1. The van der Waals surface area contributed by atoms with Gasteiger partial charge in [0.2, 0.25) is 6.29 Å². The van der Waals surface area contributed by atoms with Gasteiger partial charge in [-0.15, -0.1) is 0 Å². The van der Waals surface area contributed by atoms with Crippen LogP contribution in [0.2, 0.25) is 0 Å². The number of esters is 1. The molecule has 1 aliphatic heterocycles. The second-order valence-corrected chi connectivity index (χ2v) is 17.3. The third kappa shape index (κ3) is 15.3. The maximum absolute atomic E-state index is 13.8. The van der Waals surface area contributed by atoms with Gasteiger partial charge in [0.25, 0.3) is 5.75 Å². The Morgan fingerprint density at radius 3 is 1.60 bits per heavy atom. The number of unbranched alkanes of at least 4 members (excludes halogenated alkanes) is 9. The Hall–Kier alpha value is -5.82. The fraction of sp³-hybridized carbons (Fsp3) is 0.404. The summed E-state index contributed by atoms with van der Waals surface area (Å²) in [6.45, 7) is 4.99. The summed E-state index contributed by atoms with van der Waals surface area (Å²) in [5, 5.41) is 0.360. The predicted molar refractivity (Wildman–Crippen MR) is 262 cm³/mol. The zero-order chi connectivity index (χ0) is 47.2. The van der Waals surface area contributed by atoms with E-state index in [9.17, 15) is 9.59 Å². The number of hydrogen-bond acceptors (Lipinski definition) is 11. The van der Waals surface area contributed by atoms with Crippen molar-refractivity contribution in [1.82, 2.24) is 0 Å². The average Bonchev–Trinajstić information content (AvgIpc) is 3.36. The number of hydrogen-bond donors (Lipinski definition) is 0. The largest absolute Gasteiger partial charge is 0.493 e. The van der Waals surface area contributed by atoms with E-state index in [2.05, 4.69) is 6.92 Å². The van der Waals surface area contributed by atoms with Gasteiger partial charge < -0.3 is 42.3 Å². The van der Waals surface area contributed by atoms with Gasteiger partial charge >= 0.3 is 11.6 Å². The van der Waals surface area contributed by atoms with Crippen LogP contribution < -0.4 is 19.8 Å². The first-order chi connectivity index (χ1) is 33.4. The maximum Gasteiger partial charge on any atom is 0.383 e. The quantitative estimate of drug-likeness (QED) is 0.0266. The molecule has 5 aromatic carbocycles. The topological polar surface area (TPSA) is 121 Å². The molecule has 0 amide bonds. The summed E-state index contributed by atoms with van der Waals surface area (Å²) >= 11 is 0. The highest BCUT2D eigenvalue weighted by Gasteiger charge is 2.50. The van der Waals surface area contributed by atoms with Crippen molar-refractivity contribution in [2.45, 2.75) is 135 Å². The molecular formula is C57H66O11. The second-order valence-electron chi connectivity index (χ2n) is 17.3. The van der Waals surface area contributed by atoms with Crippen LogP contribution in [-0.4, -0.2) is 49.9 Å². The molecule has 0 spiro atoms. The average molecular weight is 927 g/mol. The van der Waals surface area contributed by atoms with E-state index in [-0.39, 0.29) is 37.8 Å². The van der Waals surface area contributed by atoms with E-state index in [0.717, 1.165) is 35.1 Å². The summed E-state index contributed by atoms with van der Waals surface area (Å²) in [7, 11) is 0. The van der Waals surface area contributed by atoms with Gasteiger partial charge in [-0.3, -0.25) is 4.79 Å². The van der Waals surface area contributed by atoms with Gasteiger partial charge in [0.05, 0.1) is 45.0 Å². The molecule has 0 unspecified atom stereocenters. The molecule has 0 saturated carbocycles. The molecule has 0 aliphatic carbocycles. The summed E-state index contributed by atoms with van der Waals surface area (Å²) in [5.74, 6) is -0.676. The fourth-order valence-corrected chi connectivity index (χ4v) is 8.31. The van der Waals surface area contributed by atoms with Crippen molar-refractivity contribution in [1.29, 1.82) is 0 Å². The fourth-order valence-electron chi connectivity index (χ4n) is 8.31. The van der Waals surface area contributed by atoms with Gasteiger partial charge in [-0.1, -0.05) is 186 Å². The summed E-state index contributed by atoms with van der Waals surface area (Å²) in [6, 6.07) is 44.5. The highest BCUT2D eigenvalue weighted by molar-refractivity contribution is 5.87. The van der Waals surface area contributed by atoms with Crippen LogP contribution in [0.4, 0.5) is 0 Å². The van der Waals surface area contributed by atoms with E-state index in [1.165, 1.54) is 58.3 Å². The summed E-state index contributed by atoms with van der Waals surface area (Å²) in [6.07, 6.45) is 7.61. The van der Waals surface area contributed by atoms with Crippen molar-refractivity contribution in [2.24, 2.45) is 0 Å². The lowest BCUT2D eigenvalue weighted by atomic mass is 9.97. The van der Waals surface area contributed by atoms with Gasteiger partial charge in [0, 0.05) is 13.0 Å². The van der Waals surface area contributed by atoms with E-state index in [1.807, 2.05) is 121 Å². The Balaban J connectivity index is 1.20. The minimum Gasteiger partial charge on any atom is -0.493 e. The Morgan fingerprint density at radius 2 is 1.06 bits per heavy atom. The Kier molecular flexibility index (Phi) is 20.1. The predicted octanol–water partition coefficient (Wildman–Crippen LogP) is 12.1. The number of carbonyl (C=O) groups is 1. The molecule has 1 fully saturated rings. The highest BCUT2D eigenvalue weighted by atomic mass is 16.7. The summed E-state index contributed by atoms with van der Waals surface area (Å²) in [4.78, 5) is 26.4. The first-order valence-corrected chi connectivity index (χ1v) is 24.3. The minimum absolute atomic E-state index is 0.0552. The van der Waals surface area contributed by atoms with Crippen LogP contribution >= 0.6 is 0 Å². The Labute approximate surface area is 400 Å². The van der Waals surface area contributed by atoms with Crippen LogP contribution in [0.1, 0.15) is 100 Å². The van der Waals surface area contributed by atoms with Crippen LogP contribution in [0.5, 0.6) is 17.2 Å². The standard InChI is InChI=1S/C57H66O11/c1-3-4-5-6-7-8-9-10-11-24-35-61-47-33-34-48-49(36-47)66-56(59)54(65-42(2)58)51(48)68-57-55(64-40-46-31-22-15-23-32-46)53(63-39-45-29-20-14-21-30-45)52(62-38-44-27-18-13-19-28-44)50(67-57)41-60-37-43-25-16-12-17-26-43/h12-23,25-34,36,50,52-53,55,57H,3-11,24,35,37-41H2,1-2H3/t50-,52+,53+,55-,57+/m1/s1. The zero-order valence-corrected chi connectivity index (χ0v) is 39.5. The molecular weight excluding hydrogens is 861 g/mol. The van der Waals surface area contributed by atoms with Crippen LogP contribution in [0, 0.1) is 0 Å². The molecule has 2 heterocycles. The number of benzene rings is 5. The number of fused-ring (bicyclic) bond motifs is 1. The van der Waals surface area contributed by atoms with Crippen LogP contribution in [0.25, 0.3) is 11.0 Å². The lowest BCUT2D eigenvalue weighted by Crippen LogP contribution is -2.62. The third-order valence-corrected chi connectivity index (χ3v) is 11.9. The van der Waals surface area contributed by atoms with Crippen molar-refractivity contribution in [2.75, 3.05) is 13.2 Å². The molecule has 360 valence electrons. The molecule has 6 aromatic rings. The Bertz CT molecular complexity index is 2430. The smallest absolute Gasteiger partial charge is 0.383 e. The van der Waals surface area contributed by atoms with Crippen molar-refractivity contribution in [3.05, 3.63) is 172 Å². The van der Waals surface area contributed by atoms with Crippen LogP contribution in [0.15, 0.2) is 149 Å². The molecule has 11 heteroatoms. The highest BCUT2D eigenvalue weighted by Crippen LogP contribution is 2.39. The number of carbonyl (C=O) groups excluding carboxylic acids is 1. The minimum atomic E-state index is -1.26. The van der Waals surface area contributed by atoms with Crippen LogP contribution in [0.3, 0.4) is 0 Å². The van der Waals surface area contributed by atoms with E-state index in [4.69, 9.17) is 42.3 Å². The van der Waals surface area contributed by atoms with Gasteiger partial charge in [0.15, 0.2) is 5.75 Å². The second kappa shape index (κ2) is 27.2. The molecule has 68 heavy (non-hydrogen) atoms.